The molecule has 3 heterocycles. The lowest BCUT2D eigenvalue weighted by Gasteiger charge is -2.28. The summed E-state index contributed by atoms with van der Waals surface area (Å²) in [7, 11) is 0. The quantitative estimate of drug-likeness (QED) is 0.155. The maximum absolute atomic E-state index is 5.50. The number of rotatable bonds is 4. The average Bonchev–Trinajstić information content (AvgIpc) is 3.43. The Morgan fingerprint density at radius 1 is 0.806 bits per heavy atom. The second-order valence-corrected chi connectivity index (χ2v) is 15.5. The first-order chi connectivity index (χ1) is 17.2. The van der Waals surface area contributed by atoms with E-state index in [4.69, 9.17) is 15.2 Å². The summed E-state index contributed by atoms with van der Waals surface area (Å²) in [4.78, 5) is 5.50. The maximum atomic E-state index is 5.50. The Balaban J connectivity index is 1.66. The van der Waals surface area contributed by atoms with Crippen molar-refractivity contribution in [2.75, 3.05) is 0 Å². The Morgan fingerprint density at radius 2 is 1.36 bits per heavy atom. The highest BCUT2D eigenvalue weighted by molar-refractivity contribution is 14.2. The van der Waals surface area contributed by atoms with Crippen molar-refractivity contribution in [2.45, 2.75) is 77.0 Å². The number of nitrogens with zero attached hydrogens (tertiary/aromatic N) is 5. The van der Waals surface area contributed by atoms with Crippen LogP contribution in [0, 0.1) is 0 Å². The van der Waals surface area contributed by atoms with Gasteiger partial charge in [0.05, 0.1) is 46.9 Å². The van der Waals surface area contributed by atoms with Crippen LogP contribution in [0.2, 0.25) is 0 Å². The van der Waals surface area contributed by atoms with Crippen LogP contribution in [0.1, 0.15) is 75.9 Å². The average molecular weight is 741 g/mol. The van der Waals surface area contributed by atoms with Crippen LogP contribution < -0.4 is 0 Å². The molecule has 9 heteroatoms. The molecule has 36 heavy (non-hydrogen) atoms. The van der Waals surface area contributed by atoms with Gasteiger partial charge in [0.2, 0.25) is 0 Å². The molecule has 0 N–H and O–H groups in total. The summed E-state index contributed by atoms with van der Waals surface area (Å²) in [6.45, 7) is 9.38. The number of hydrogen-bond donors (Lipinski definition) is 0. The van der Waals surface area contributed by atoms with Crippen molar-refractivity contribution in [3.05, 3.63) is 52.8 Å². The fourth-order valence-electron chi connectivity index (χ4n) is 6.24. The molecule has 2 unspecified atom stereocenters. The summed E-state index contributed by atoms with van der Waals surface area (Å²) < 4.78 is 4.45. The van der Waals surface area contributed by atoms with Gasteiger partial charge in [-0.2, -0.15) is 10.2 Å². The molecule has 0 aliphatic heterocycles. The highest BCUT2D eigenvalue weighted by Crippen LogP contribution is 2.47. The zero-order valence-corrected chi connectivity index (χ0v) is 27.4. The van der Waals surface area contributed by atoms with E-state index in [0.717, 1.165) is 24.2 Å². The fourth-order valence-corrected chi connectivity index (χ4v) is 9.27. The Hall–Kier alpha value is -0.630. The van der Waals surface area contributed by atoms with Gasteiger partial charge in [0.25, 0.3) is 0 Å². The molecule has 0 amide bonds. The molecule has 4 aromatic rings. The molecule has 6 rings (SSSR count). The van der Waals surface area contributed by atoms with Crippen molar-refractivity contribution < 1.29 is 0 Å². The molecule has 2 aliphatic rings. The number of fused-ring (bicyclic) bond motifs is 3. The first-order valence-electron chi connectivity index (χ1n) is 12.6. The van der Waals surface area contributed by atoms with Crippen LogP contribution in [0.3, 0.4) is 0 Å². The summed E-state index contributed by atoms with van der Waals surface area (Å²) in [6, 6.07) is 11.0. The first-order valence-corrected chi connectivity index (χ1v) is 20.8. The Morgan fingerprint density at radius 3 is 1.97 bits per heavy atom. The summed E-state index contributed by atoms with van der Waals surface area (Å²) in [5.74, 6) is 0. The molecule has 0 saturated carbocycles. The summed E-state index contributed by atoms with van der Waals surface area (Å²) in [5, 5.41) is 12.8. The number of halogens is 2. The van der Waals surface area contributed by atoms with Gasteiger partial charge in [-0.1, -0.05) is 52.0 Å². The van der Waals surface area contributed by atoms with Crippen LogP contribution in [0.25, 0.3) is 33.5 Å². The zero-order valence-electron chi connectivity index (χ0n) is 21.1. The van der Waals surface area contributed by atoms with E-state index in [1.54, 1.807) is 0 Å². The third-order valence-electron chi connectivity index (χ3n) is 8.07. The third-order valence-corrected chi connectivity index (χ3v) is 11.8. The topological polar surface area (TPSA) is 48.5 Å². The lowest BCUT2D eigenvalue weighted by atomic mass is 9.76. The van der Waals surface area contributed by atoms with Crippen molar-refractivity contribution in [3.63, 3.8) is 0 Å². The molecule has 1 aromatic carbocycles. The minimum absolute atomic E-state index is 0.100. The Bertz CT molecular complexity index is 1490. The van der Waals surface area contributed by atoms with Crippen molar-refractivity contribution in [1.29, 1.82) is 0 Å². The molecule has 0 bridgehead atoms. The lowest BCUT2D eigenvalue weighted by Crippen LogP contribution is -2.23. The summed E-state index contributed by atoms with van der Waals surface area (Å²) in [5.41, 5.74) is 10.1. The maximum Gasteiger partial charge on any atom is 0.0976 e. The highest BCUT2D eigenvalue weighted by Gasteiger charge is 2.36. The van der Waals surface area contributed by atoms with Gasteiger partial charge < -0.3 is 0 Å². The Labute approximate surface area is 242 Å². The van der Waals surface area contributed by atoms with Gasteiger partial charge in [0.15, 0.2) is 0 Å². The van der Waals surface area contributed by atoms with Crippen LogP contribution in [0.15, 0.2) is 30.3 Å². The van der Waals surface area contributed by atoms with E-state index in [-0.39, 0.29) is 10.8 Å². The van der Waals surface area contributed by atoms with Crippen molar-refractivity contribution >= 4 is 67.6 Å². The van der Waals surface area contributed by atoms with Crippen LogP contribution in [-0.4, -0.2) is 24.1 Å². The molecule has 188 valence electrons. The highest BCUT2D eigenvalue weighted by atomic mass is 127. The molecule has 0 saturated heterocycles. The van der Waals surface area contributed by atoms with Gasteiger partial charge in [-0.25, -0.2) is 13.9 Å². The normalized spacial score (nSPS) is 18.9. The predicted molar refractivity (Wildman–Crippen MR) is 172 cm³/mol. The van der Waals surface area contributed by atoms with Gasteiger partial charge in [0.1, 0.15) is 0 Å². The first kappa shape index (κ1) is 25.6. The summed E-state index contributed by atoms with van der Waals surface area (Å²) >= 11 is 4.94. The zero-order chi connectivity index (χ0) is 25.2. The molecule has 2 atom stereocenters. The second-order valence-electron chi connectivity index (χ2n) is 11.4. The summed E-state index contributed by atoms with van der Waals surface area (Å²) in [6.07, 6.45) is 8.01. The number of aromatic nitrogens is 5. The van der Waals surface area contributed by atoms with Gasteiger partial charge in [-0.05, 0) is 94.1 Å². The van der Waals surface area contributed by atoms with Crippen LogP contribution in [-0.2, 0) is 23.7 Å². The third kappa shape index (κ3) is 4.10. The van der Waals surface area contributed by atoms with E-state index in [0.29, 0.717) is 12.7 Å². The van der Waals surface area contributed by atoms with Crippen LogP contribution >= 0.6 is 56.8 Å². The van der Waals surface area contributed by atoms with Gasteiger partial charge in [0, 0.05) is 27.3 Å². The monoisotopic (exact) mass is 741 g/mol. The standard InChI is InChI=1S/C27H31I2N5P2/c1-26(2)13-7-11-18-22(33(35-28)31-24(18)26)20-15-16-9-5-6-10-17(16)21(30-20)23-19-12-8-14-27(3,4)25(19)32-34(23)36-29/h5-6,9-10,15,35-36H,7-8,11-14H2,1-4H3. The van der Waals surface area contributed by atoms with Crippen LogP contribution in [0.5, 0.6) is 0 Å². The SMILES string of the molecule is CC1(C)CCCc2c1nn(PI)c2-c1cc2ccccc2c(-c2c3c(nn2PI)C(C)(C)CCC3)n1. The van der Waals surface area contributed by atoms with Crippen molar-refractivity contribution in [3.8, 4) is 22.8 Å². The largest absolute Gasteiger partial charge is 0.244 e. The molecule has 2 aliphatic carbocycles. The van der Waals surface area contributed by atoms with E-state index < -0.39 is 0 Å². The van der Waals surface area contributed by atoms with Crippen molar-refractivity contribution in [1.82, 2.24) is 24.1 Å². The smallest absolute Gasteiger partial charge is 0.0976 e. The number of pyridine rings is 1. The molecule has 0 radical (unpaired) electrons. The Kier molecular flexibility index (Phi) is 6.79. The van der Waals surface area contributed by atoms with Crippen molar-refractivity contribution in [2.24, 2.45) is 0 Å². The molecular weight excluding hydrogens is 710 g/mol. The molecule has 0 spiro atoms. The van der Waals surface area contributed by atoms with E-state index >= 15 is 0 Å². The molecule has 0 fully saturated rings. The lowest BCUT2D eigenvalue weighted by molar-refractivity contribution is 0.420. The fraction of sp³-hybridized carbons (Fsp3) is 0.444. The number of hydrogen-bond acceptors (Lipinski definition) is 3. The van der Waals surface area contributed by atoms with Crippen LogP contribution in [0.4, 0.5) is 0 Å². The molecule has 3 aromatic heterocycles. The van der Waals surface area contributed by atoms with Gasteiger partial charge in [-0.3, -0.25) is 0 Å². The van der Waals surface area contributed by atoms with E-state index in [2.05, 4.69) is 111 Å². The van der Waals surface area contributed by atoms with Gasteiger partial charge >= 0.3 is 0 Å². The van der Waals surface area contributed by atoms with Gasteiger partial charge in [-0.15, -0.1) is 0 Å². The number of benzene rings is 1. The minimum atomic E-state index is 0.100. The second kappa shape index (κ2) is 9.53. The predicted octanol–water partition coefficient (Wildman–Crippen LogP) is 8.77. The van der Waals surface area contributed by atoms with E-state index in [1.165, 1.54) is 70.4 Å². The molecular formula is C27H31I2N5P2. The van der Waals surface area contributed by atoms with E-state index in [9.17, 15) is 0 Å². The van der Waals surface area contributed by atoms with E-state index in [1.807, 2.05) is 0 Å². The molecule has 5 nitrogen and oxygen atoms in total. The minimum Gasteiger partial charge on any atom is -0.244 e.